The highest BCUT2D eigenvalue weighted by Gasteiger charge is 2.20. The van der Waals surface area contributed by atoms with Gasteiger partial charge in [0.05, 0.1) is 16.6 Å². The van der Waals surface area contributed by atoms with Crippen LogP contribution in [0.2, 0.25) is 0 Å². The highest BCUT2D eigenvalue weighted by atomic mass is 15.3. The monoisotopic (exact) mass is 303 g/mol. The van der Waals surface area contributed by atoms with Crippen molar-refractivity contribution in [1.29, 1.82) is 0 Å². The Labute approximate surface area is 133 Å². The summed E-state index contributed by atoms with van der Waals surface area (Å²) < 4.78 is 1.69. The van der Waals surface area contributed by atoms with E-state index in [9.17, 15) is 0 Å². The molecule has 0 saturated heterocycles. The Hall–Kier alpha value is -3.08. The molecule has 2 aromatic carbocycles. The van der Waals surface area contributed by atoms with E-state index in [4.69, 9.17) is 5.73 Å². The molecule has 2 heterocycles. The highest BCUT2D eigenvalue weighted by Crippen LogP contribution is 2.35. The Bertz CT molecular complexity index is 976. The van der Waals surface area contributed by atoms with E-state index >= 15 is 0 Å². The van der Waals surface area contributed by atoms with Crippen LogP contribution in [-0.2, 0) is 7.05 Å². The Balaban J connectivity index is 1.97. The molecule has 5 heteroatoms. The van der Waals surface area contributed by atoms with E-state index < -0.39 is 0 Å². The van der Waals surface area contributed by atoms with Gasteiger partial charge in [-0.3, -0.25) is 4.68 Å². The second-order valence-corrected chi connectivity index (χ2v) is 5.70. The molecule has 0 aliphatic heterocycles. The van der Waals surface area contributed by atoms with Crippen molar-refractivity contribution in [3.05, 3.63) is 54.1 Å². The van der Waals surface area contributed by atoms with E-state index in [0.717, 1.165) is 33.7 Å². The van der Waals surface area contributed by atoms with Crippen LogP contribution in [-0.4, -0.2) is 19.7 Å². The molecule has 2 aromatic heterocycles. The maximum absolute atomic E-state index is 6.27. The van der Waals surface area contributed by atoms with Gasteiger partial charge < -0.3 is 10.7 Å². The summed E-state index contributed by atoms with van der Waals surface area (Å²) in [6, 6.07) is 16.2. The van der Waals surface area contributed by atoms with Crippen LogP contribution in [0.15, 0.2) is 48.5 Å². The number of aromatic amines is 1. The first kappa shape index (κ1) is 13.6. The number of rotatable bonds is 2. The maximum atomic E-state index is 6.27. The van der Waals surface area contributed by atoms with E-state index in [2.05, 4.69) is 34.1 Å². The molecule has 3 N–H and O–H groups in total. The van der Waals surface area contributed by atoms with E-state index in [1.807, 2.05) is 43.4 Å². The number of nitrogens with zero attached hydrogens (tertiary/aromatic N) is 3. The maximum Gasteiger partial charge on any atom is 0.144 e. The fraction of sp³-hybridized carbons (Fsp3) is 0.111. The molecule has 0 saturated carbocycles. The second kappa shape index (κ2) is 4.98. The molecule has 0 bridgehead atoms. The normalized spacial score (nSPS) is 11.2. The molecule has 4 rings (SSSR count). The summed E-state index contributed by atoms with van der Waals surface area (Å²) in [4.78, 5) is 8.02. The van der Waals surface area contributed by atoms with Crippen LogP contribution >= 0.6 is 0 Å². The number of nitrogens with two attached hydrogens (primary N) is 1. The SMILES string of the molecule is Cc1cccc(-c2nn(C)c(N)c2-c2nc3ccccc3[nH]2)c1. The molecule has 4 aromatic rings. The van der Waals surface area contributed by atoms with Crippen molar-refractivity contribution in [2.75, 3.05) is 5.73 Å². The third-order valence-corrected chi connectivity index (χ3v) is 4.01. The fourth-order valence-electron chi connectivity index (χ4n) is 2.84. The fourth-order valence-corrected chi connectivity index (χ4v) is 2.84. The van der Waals surface area contributed by atoms with Crippen LogP contribution in [0.3, 0.4) is 0 Å². The third kappa shape index (κ3) is 2.17. The smallest absolute Gasteiger partial charge is 0.144 e. The van der Waals surface area contributed by atoms with Crippen molar-refractivity contribution < 1.29 is 0 Å². The molecule has 5 nitrogen and oxygen atoms in total. The molecule has 0 atom stereocenters. The van der Waals surface area contributed by atoms with Gasteiger partial charge in [-0.05, 0) is 25.1 Å². The average molecular weight is 303 g/mol. The summed E-state index contributed by atoms with van der Waals surface area (Å²) in [7, 11) is 1.85. The molecular formula is C18H17N5. The zero-order valence-corrected chi connectivity index (χ0v) is 13.0. The van der Waals surface area contributed by atoms with Crippen LogP contribution in [0, 0.1) is 6.92 Å². The number of benzene rings is 2. The molecule has 0 spiro atoms. The Kier molecular flexibility index (Phi) is 2.94. The van der Waals surface area contributed by atoms with Gasteiger partial charge in [-0.1, -0.05) is 35.9 Å². The number of para-hydroxylation sites is 2. The van der Waals surface area contributed by atoms with Crippen molar-refractivity contribution in [1.82, 2.24) is 19.7 Å². The number of hydrogen-bond donors (Lipinski definition) is 2. The van der Waals surface area contributed by atoms with Gasteiger partial charge in [0.1, 0.15) is 17.3 Å². The predicted octanol–water partition coefficient (Wildman–Crippen LogP) is 3.52. The van der Waals surface area contributed by atoms with Gasteiger partial charge in [0.15, 0.2) is 0 Å². The number of fused-ring (bicyclic) bond motifs is 1. The van der Waals surface area contributed by atoms with Crippen LogP contribution in [0.5, 0.6) is 0 Å². The van der Waals surface area contributed by atoms with Crippen LogP contribution in [0.25, 0.3) is 33.7 Å². The van der Waals surface area contributed by atoms with E-state index in [1.165, 1.54) is 5.56 Å². The first-order chi connectivity index (χ1) is 11.1. The van der Waals surface area contributed by atoms with Gasteiger partial charge >= 0.3 is 0 Å². The molecular weight excluding hydrogens is 286 g/mol. The largest absolute Gasteiger partial charge is 0.383 e. The predicted molar refractivity (Wildman–Crippen MR) is 92.9 cm³/mol. The van der Waals surface area contributed by atoms with E-state index in [0.29, 0.717) is 5.82 Å². The first-order valence-corrected chi connectivity index (χ1v) is 7.48. The summed E-state index contributed by atoms with van der Waals surface area (Å²) in [5, 5.41) is 4.60. The summed E-state index contributed by atoms with van der Waals surface area (Å²) >= 11 is 0. The van der Waals surface area contributed by atoms with Crippen LogP contribution in [0.4, 0.5) is 5.82 Å². The lowest BCUT2D eigenvalue weighted by molar-refractivity contribution is 0.782. The molecule has 0 fully saturated rings. The lowest BCUT2D eigenvalue weighted by atomic mass is 10.0. The number of nitrogens with one attached hydrogen (secondary N) is 1. The lowest BCUT2D eigenvalue weighted by Crippen LogP contribution is -1.98. The third-order valence-electron chi connectivity index (χ3n) is 4.01. The standard InChI is InChI=1S/C18H17N5/c1-11-6-5-7-12(10-11)16-15(17(19)23(2)22-16)18-20-13-8-3-4-9-14(13)21-18/h3-10H,19H2,1-2H3,(H,20,21). The Morgan fingerprint density at radius 3 is 2.70 bits per heavy atom. The molecule has 0 amide bonds. The molecule has 114 valence electrons. The molecule has 0 aliphatic rings. The summed E-state index contributed by atoms with van der Waals surface area (Å²) in [6.45, 7) is 2.07. The first-order valence-electron chi connectivity index (χ1n) is 7.48. The minimum atomic E-state index is 0.598. The minimum absolute atomic E-state index is 0.598. The Morgan fingerprint density at radius 1 is 1.09 bits per heavy atom. The molecule has 0 aliphatic carbocycles. The number of aromatic nitrogens is 4. The van der Waals surface area contributed by atoms with Crippen LogP contribution < -0.4 is 5.73 Å². The van der Waals surface area contributed by atoms with Crippen molar-refractivity contribution >= 4 is 16.9 Å². The van der Waals surface area contributed by atoms with Crippen molar-refractivity contribution in [2.45, 2.75) is 6.92 Å². The van der Waals surface area contributed by atoms with Gasteiger partial charge in [-0.2, -0.15) is 5.10 Å². The number of anilines is 1. The number of aryl methyl sites for hydroxylation is 2. The van der Waals surface area contributed by atoms with Gasteiger partial charge in [0.25, 0.3) is 0 Å². The molecule has 0 radical (unpaired) electrons. The summed E-state index contributed by atoms with van der Waals surface area (Å²) in [5.41, 5.74) is 12.1. The Morgan fingerprint density at radius 2 is 1.91 bits per heavy atom. The number of nitrogen functional groups attached to an aromatic ring is 1. The number of H-pyrrole nitrogens is 1. The van der Waals surface area contributed by atoms with Crippen molar-refractivity contribution in [3.63, 3.8) is 0 Å². The number of hydrogen-bond acceptors (Lipinski definition) is 3. The zero-order chi connectivity index (χ0) is 16.0. The van der Waals surface area contributed by atoms with Crippen LogP contribution in [0.1, 0.15) is 5.56 Å². The summed E-state index contributed by atoms with van der Waals surface area (Å²) in [6.07, 6.45) is 0. The highest BCUT2D eigenvalue weighted by molar-refractivity contribution is 5.89. The van der Waals surface area contributed by atoms with Gasteiger partial charge in [-0.15, -0.1) is 0 Å². The quantitative estimate of drug-likeness (QED) is 0.595. The topological polar surface area (TPSA) is 72.5 Å². The molecule has 23 heavy (non-hydrogen) atoms. The van der Waals surface area contributed by atoms with Gasteiger partial charge in [0, 0.05) is 12.6 Å². The van der Waals surface area contributed by atoms with Crippen molar-refractivity contribution in [2.24, 2.45) is 7.05 Å². The molecule has 0 unspecified atom stereocenters. The van der Waals surface area contributed by atoms with Crippen molar-refractivity contribution in [3.8, 4) is 22.6 Å². The second-order valence-electron chi connectivity index (χ2n) is 5.70. The minimum Gasteiger partial charge on any atom is -0.383 e. The number of imidazole rings is 1. The lowest BCUT2D eigenvalue weighted by Gasteiger charge is -2.02. The average Bonchev–Trinajstić information content (AvgIpc) is 3.09. The van der Waals surface area contributed by atoms with E-state index in [1.54, 1.807) is 4.68 Å². The van der Waals surface area contributed by atoms with E-state index in [-0.39, 0.29) is 0 Å². The summed E-state index contributed by atoms with van der Waals surface area (Å²) in [5.74, 6) is 1.34. The zero-order valence-electron chi connectivity index (χ0n) is 13.0. The van der Waals surface area contributed by atoms with Gasteiger partial charge in [0.2, 0.25) is 0 Å². The van der Waals surface area contributed by atoms with Gasteiger partial charge in [-0.25, -0.2) is 4.98 Å².